The minimum absolute atomic E-state index is 0. The zero-order chi connectivity index (χ0) is 11.4. The van der Waals surface area contributed by atoms with Crippen LogP contribution in [0.5, 0.6) is 0 Å². The summed E-state index contributed by atoms with van der Waals surface area (Å²) in [6, 6.07) is 0. The van der Waals surface area contributed by atoms with Crippen LogP contribution in [0.25, 0.3) is 0 Å². The van der Waals surface area contributed by atoms with Gasteiger partial charge in [-0.25, -0.2) is 0 Å². The highest BCUT2D eigenvalue weighted by Gasteiger charge is 2.23. The summed E-state index contributed by atoms with van der Waals surface area (Å²) in [5.74, 6) is 0.336. The Morgan fingerprint density at radius 2 is 1.93 bits per heavy atom. The number of hydrogen-bond donors (Lipinski definition) is 1. The maximum atomic E-state index is 11.8. The average Bonchev–Trinajstić information content (AvgIpc) is 2.14. The Labute approximate surface area is 99.8 Å². The molecule has 15 heavy (non-hydrogen) atoms. The number of nitrogens with two attached hydrogens (primary N) is 1. The summed E-state index contributed by atoms with van der Waals surface area (Å²) < 4.78 is 0. The van der Waals surface area contributed by atoms with E-state index in [0.29, 0.717) is 6.54 Å². The van der Waals surface area contributed by atoms with Gasteiger partial charge in [0, 0.05) is 19.5 Å². The summed E-state index contributed by atoms with van der Waals surface area (Å²) in [6.07, 6.45) is 0.895. The monoisotopic (exact) mass is 236 g/mol. The van der Waals surface area contributed by atoms with Gasteiger partial charge in [0.2, 0.25) is 5.91 Å². The number of rotatable bonds is 5. The van der Waals surface area contributed by atoms with Crippen molar-refractivity contribution in [2.45, 2.75) is 34.1 Å². The van der Waals surface area contributed by atoms with Gasteiger partial charge in [-0.2, -0.15) is 0 Å². The van der Waals surface area contributed by atoms with Gasteiger partial charge in [0.05, 0.1) is 0 Å². The third kappa shape index (κ3) is 6.00. The molecule has 0 saturated carbocycles. The first-order chi connectivity index (χ1) is 6.34. The Kier molecular flexibility index (Phi) is 8.07. The Morgan fingerprint density at radius 1 is 1.47 bits per heavy atom. The van der Waals surface area contributed by atoms with Crippen LogP contribution in [0, 0.1) is 11.3 Å². The number of carbonyl (C=O) groups excluding carboxylic acids is 1. The zero-order valence-electron chi connectivity index (χ0n) is 10.5. The first-order valence-electron chi connectivity index (χ1n) is 5.29. The normalized spacial score (nSPS) is 12.9. The molecule has 4 heteroatoms. The molecule has 3 nitrogen and oxygen atoms in total. The highest BCUT2D eigenvalue weighted by molar-refractivity contribution is 5.85. The molecule has 0 aliphatic rings. The Balaban J connectivity index is 0. The minimum Gasteiger partial charge on any atom is -0.345 e. The lowest BCUT2D eigenvalue weighted by atomic mass is 9.92. The molecular weight excluding hydrogens is 212 g/mol. The van der Waals surface area contributed by atoms with Crippen LogP contribution in [0.3, 0.4) is 0 Å². The lowest BCUT2D eigenvalue weighted by molar-refractivity contribution is -0.134. The quantitative estimate of drug-likeness (QED) is 0.793. The third-order valence-corrected chi connectivity index (χ3v) is 2.63. The molecule has 0 radical (unpaired) electrons. The largest absolute Gasteiger partial charge is 0.345 e. The van der Waals surface area contributed by atoms with E-state index in [1.807, 2.05) is 20.9 Å². The second-order valence-corrected chi connectivity index (χ2v) is 4.87. The fourth-order valence-corrected chi connectivity index (χ4v) is 1.34. The van der Waals surface area contributed by atoms with Crippen molar-refractivity contribution in [3.8, 4) is 0 Å². The van der Waals surface area contributed by atoms with Crippen LogP contribution in [0.15, 0.2) is 0 Å². The maximum absolute atomic E-state index is 11.8. The third-order valence-electron chi connectivity index (χ3n) is 2.63. The predicted molar refractivity (Wildman–Crippen MR) is 67.2 cm³/mol. The molecule has 0 bridgehead atoms. The summed E-state index contributed by atoms with van der Waals surface area (Å²) in [7, 11) is 1.85. The molecule has 92 valence electrons. The van der Waals surface area contributed by atoms with Crippen molar-refractivity contribution >= 4 is 18.3 Å². The summed E-state index contributed by atoms with van der Waals surface area (Å²) in [5.41, 5.74) is 5.64. The van der Waals surface area contributed by atoms with E-state index in [1.54, 1.807) is 4.90 Å². The fourth-order valence-electron chi connectivity index (χ4n) is 1.34. The summed E-state index contributed by atoms with van der Waals surface area (Å²) in [4.78, 5) is 13.5. The molecular formula is C11H25ClN2O. The van der Waals surface area contributed by atoms with Gasteiger partial charge < -0.3 is 10.6 Å². The van der Waals surface area contributed by atoms with Crippen LogP contribution in [0.1, 0.15) is 34.1 Å². The number of halogens is 1. The first-order valence-corrected chi connectivity index (χ1v) is 5.29. The van der Waals surface area contributed by atoms with E-state index in [4.69, 9.17) is 5.73 Å². The molecule has 1 unspecified atom stereocenters. The van der Waals surface area contributed by atoms with Crippen molar-refractivity contribution in [1.29, 1.82) is 0 Å². The van der Waals surface area contributed by atoms with E-state index in [0.717, 1.165) is 13.0 Å². The van der Waals surface area contributed by atoms with Gasteiger partial charge >= 0.3 is 0 Å². The van der Waals surface area contributed by atoms with E-state index in [1.165, 1.54) is 0 Å². The first kappa shape index (κ1) is 17.1. The Morgan fingerprint density at radius 3 is 2.27 bits per heavy atom. The fraction of sp³-hybridized carbons (Fsp3) is 0.909. The second kappa shape index (κ2) is 7.07. The number of amides is 1. The molecule has 0 aromatic rings. The van der Waals surface area contributed by atoms with Gasteiger partial charge in [0.15, 0.2) is 0 Å². The SMILES string of the molecule is CCC(C)C(=O)N(C)CC(C)(C)CN.Cl. The van der Waals surface area contributed by atoms with Crippen molar-refractivity contribution in [2.75, 3.05) is 20.1 Å². The molecule has 0 aliphatic carbocycles. The topological polar surface area (TPSA) is 46.3 Å². The van der Waals surface area contributed by atoms with Crippen molar-refractivity contribution in [3.63, 3.8) is 0 Å². The molecule has 1 atom stereocenters. The molecule has 1 amide bonds. The summed E-state index contributed by atoms with van der Waals surface area (Å²) in [6.45, 7) is 9.48. The van der Waals surface area contributed by atoms with E-state index in [2.05, 4.69) is 13.8 Å². The van der Waals surface area contributed by atoms with Gasteiger partial charge in [-0.1, -0.05) is 27.7 Å². The van der Waals surface area contributed by atoms with Crippen molar-refractivity contribution < 1.29 is 4.79 Å². The maximum Gasteiger partial charge on any atom is 0.225 e. The highest BCUT2D eigenvalue weighted by atomic mass is 35.5. The second-order valence-electron chi connectivity index (χ2n) is 4.87. The molecule has 0 aromatic heterocycles. The number of carbonyl (C=O) groups is 1. The van der Waals surface area contributed by atoms with Crippen molar-refractivity contribution in [2.24, 2.45) is 17.1 Å². The smallest absolute Gasteiger partial charge is 0.225 e. The highest BCUT2D eigenvalue weighted by Crippen LogP contribution is 2.16. The molecule has 2 N–H and O–H groups in total. The summed E-state index contributed by atoms with van der Waals surface area (Å²) in [5, 5.41) is 0. The number of nitrogens with zero attached hydrogens (tertiary/aromatic N) is 1. The summed E-state index contributed by atoms with van der Waals surface area (Å²) >= 11 is 0. The van der Waals surface area contributed by atoms with E-state index < -0.39 is 0 Å². The van der Waals surface area contributed by atoms with Gasteiger partial charge in [-0.05, 0) is 18.4 Å². The van der Waals surface area contributed by atoms with Gasteiger partial charge in [-0.15, -0.1) is 12.4 Å². The van der Waals surface area contributed by atoms with Gasteiger partial charge in [0.25, 0.3) is 0 Å². The van der Waals surface area contributed by atoms with E-state index in [9.17, 15) is 4.79 Å². The minimum atomic E-state index is 0. The van der Waals surface area contributed by atoms with Gasteiger partial charge in [0.1, 0.15) is 0 Å². The molecule has 0 aromatic carbocycles. The van der Waals surface area contributed by atoms with Crippen LogP contribution in [-0.2, 0) is 4.79 Å². The van der Waals surface area contributed by atoms with Crippen molar-refractivity contribution in [3.05, 3.63) is 0 Å². The Bertz CT molecular complexity index is 195. The lowest BCUT2D eigenvalue weighted by Gasteiger charge is -2.30. The average molecular weight is 237 g/mol. The predicted octanol–water partition coefficient (Wildman–Crippen LogP) is 1.90. The number of hydrogen-bond acceptors (Lipinski definition) is 2. The van der Waals surface area contributed by atoms with Crippen molar-refractivity contribution in [1.82, 2.24) is 4.90 Å². The van der Waals surface area contributed by atoms with Crippen LogP contribution < -0.4 is 5.73 Å². The van der Waals surface area contributed by atoms with Crippen LogP contribution in [0.4, 0.5) is 0 Å². The van der Waals surface area contributed by atoms with Crippen LogP contribution in [0.2, 0.25) is 0 Å². The van der Waals surface area contributed by atoms with Crippen LogP contribution >= 0.6 is 12.4 Å². The zero-order valence-corrected chi connectivity index (χ0v) is 11.4. The Hall–Kier alpha value is -0.280. The van der Waals surface area contributed by atoms with E-state index >= 15 is 0 Å². The molecule has 0 fully saturated rings. The molecule has 0 aliphatic heterocycles. The lowest BCUT2D eigenvalue weighted by Crippen LogP contribution is -2.41. The molecule has 0 rings (SSSR count). The standard InChI is InChI=1S/C11H24N2O.ClH/c1-6-9(2)10(14)13(5)8-11(3,4)7-12;/h9H,6-8,12H2,1-5H3;1H. The van der Waals surface area contributed by atoms with E-state index in [-0.39, 0.29) is 29.6 Å². The molecule has 0 saturated heterocycles. The molecule has 0 heterocycles. The molecule has 0 spiro atoms. The van der Waals surface area contributed by atoms with Gasteiger partial charge in [-0.3, -0.25) is 4.79 Å². The van der Waals surface area contributed by atoms with Crippen LogP contribution in [-0.4, -0.2) is 30.9 Å².